The number of rotatable bonds is 2. The number of anilines is 1. The molecule has 3 aliphatic rings. The summed E-state index contributed by atoms with van der Waals surface area (Å²) in [5.41, 5.74) is -0.0533. The molecule has 4 rings (SSSR count). The second kappa shape index (κ2) is 6.54. The first kappa shape index (κ1) is 17.5. The van der Waals surface area contributed by atoms with Gasteiger partial charge in [0.15, 0.2) is 0 Å². The number of piperidine rings is 2. The smallest absolute Gasteiger partial charge is 0.410 e. The van der Waals surface area contributed by atoms with Gasteiger partial charge in [-0.15, -0.1) is 0 Å². The lowest BCUT2D eigenvalue weighted by atomic mass is 9.91. The third-order valence-electron chi connectivity index (χ3n) is 4.62. The molecule has 0 radical (unpaired) electrons. The Morgan fingerprint density at radius 2 is 1.88 bits per heavy atom. The van der Waals surface area contributed by atoms with Crippen LogP contribution in [-0.4, -0.2) is 59.8 Å². The van der Waals surface area contributed by atoms with Gasteiger partial charge in [0.1, 0.15) is 11.4 Å². The number of fused-ring (bicyclic) bond motifs is 3. The van der Waals surface area contributed by atoms with E-state index in [2.05, 4.69) is 9.88 Å². The number of nitrogens with zero attached hydrogens (tertiary/aromatic N) is 3. The summed E-state index contributed by atoms with van der Waals surface area (Å²) in [6, 6.07) is 3.91. The first-order valence-corrected chi connectivity index (χ1v) is 8.59. The fourth-order valence-electron chi connectivity index (χ4n) is 3.45. The van der Waals surface area contributed by atoms with Gasteiger partial charge in [0.2, 0.25) is 0 Å². The van der Waals surface area contributed by atoms with Crippen LogP contribution in [0.5, 0.6) is 0 Å². The number of methoxy groups -OCH3 is 1. The highest BCUT2D eigenvalue weighted by Crippen LogP contribution is 2.32. The van der Waals surface area contributed by atoms with E-state index in [4.69, 9.17) is 9.47 Å². The van der Waals surface area contributed by atoms with Crippen molar-refractivity contribution in [1.82, 2.24) is 9.88 Å². The molecule has 1 aromatic heterocycles. The molecule has 7 nitrogen and oxygen atoms in total. The molecular formula is C18H25N3O4. The van der Waals surface area contributed by atoms with E-state index in [0.29, 0.717) is 12.1 Å². The van der Waals surface area contributed by atoms with E-state index in [1.54, 1.807) is 6.07 Å². The monoisotopic (exact) mass is 347 g/mol. The highest BCUT2D eigenvalue weighted by molar-refractivity contribution is 5.89. The van der Waals surface area contributed by atoms with Crippen molar-refractivity contribution in [2.75, 3.05) is 25.1 Å². The van der Waals surface area contributed by atoms with Crippen LogP contribution in [0.1, 0.15) is 44.0 Å². The average molecular weight is 347 g/mol. The first-order valence-electron chi connectivity index (χ1n) is 8.59. The zero-order chi connectivity index (χ0) is 18.2. The summed E-state index contributed by atoms with van der Waals surface area (Å²) in [6.45, 7) is 7.01. The predicted molar refractivity (Wildman–Crippen MR) is 92.7 cm³/mol. The highest BCUT2D eigenvalue weighted by atomic mass is 16.6. The van der Waals surface area contributed by atoms with E-state index < -0.39 is 11.6 Å². The van der Waals surface area contributed by atoms with E-state index in [1.807, 2.05) is 31.7 Å². The van der Waals surface area contributed by atoms with Gasteiger partial charge in [-0.1, -0.05) is 0 Å². The van der Waals surface area contributed by atoms with Gasteiger partial charge in [-0.2, -0.15) is 0 Å². The SMILES string of the molecule is COC(=O)c1ccc(N2CC3CCC2CN3C(=O)OC(C)(C)C)nc1. The Bertz CT molecular complexity index is 653. The van der Waals surface area contributed by atoms with Crippen molar-refractivity contribution in [3.63, 3.8) is 0 Å². The Morgan fingerprint density at radius 3 is 2.40 bits per heavy atom. The number of piperazine rings is 1. The standard InChI is InChI=1S/C18H25N3O4/c1-18(2,3)25-17(23)21-11-13-6-7-14(21)10-20(13)15-8-5-12(9-19-15)16(22)24-4/h5,8-9,13-14H,6-7,10-11H2,1-4H3. The number of hydrogen-bond donors (Lipinski definition) is 0. The van der Waals surface area contributed by atoms with Crippen LogP contribution in [0.4, 0.5) is 10.6 Å². The van der Waals surface area contributed by atoms with E-state index in [0.717, 1.165) is 25.2 Å². The second-order valence-electron chi connectivity index (χ2n) is 7.57. The van der Waals surface area contributed by atoms with Crippen LogP contribution in [0.15, 0.2) is 18.3 Å². The number of ether oxygens (including phenoxy) is 2. The Morgan fingerprint density at radius 1 is 1.16 bits per heavy atom. The van der Waals surface area contributed by atoms with Crippen molar-refractivity contribution in [2.24, 2.45) is 0 Å². The number of carbonyl (C=O) groups excluding carboxylic acids is 2. The topological polar surface area (TPSA) is 72.0 Å². The highest BCUT2D eigenvalue weighted by Gasteiger charge is 2.42. The van der Waals surface area contributed by atoms with Gasteiger partial charge in [0.05, 0.1) is 18.7 Å². The van der Waals surface area contributed by atoms with Crippen LogP contribution in [0, 0.1) is 0 Å². The maximum absolute atomic E-state index is 12.4. The predicted octanol–water partition coefficient (Wildman–Crippen LogP) is 2.46. The largest absolute Gasteiger partial charge is 0.465 e. The van der Waals surface area contributed by atoms with Crippen LogP contribution in [0.3, 0.4) is 0 Å². The molecule has 2 atom stereocenters. The first-order chi connectivity index (χ1) is 11.8. The molecule has 1 amide bonds. The molecule has 0 saturated carbocycles. The summed E-state index contributed by atoms with van der Waals surface area (Å²) < 4.78 is 10.2. The third-order valence-corrected chi connectivity index (χ3v) is 4.62. The van der Waals surface area contributed by atoms with Gasteiger partial charge in [0, 0.05) is 25.3 Å². The van der Waals surface area contributed by atoms with Gasteiger partial charge >= 0.3 is 12.1 Å². The van der Waals surface area contributed by atoms with Gasteiger partial charge in [-0.05, 0) is 45.7 Å². The van der Waals surface area contributed by atoms with E-state index in [9.17, 15) is 9.59 Å². The molecule has 3 aliphatic heterocycles. The summed E-state index contributed by atoms with van der Waals surface area (Å²) in [7, 11) is 1.35. The molecule has 1 aromatic rings. The van der Waals surface area contributed by atoms with Crippen LogP contribution in [0.2, 0.25) is 0 Å². The maximum atomic E-state index is 12.4. The second-order valence-corrected chi connectivity index (χ2v) is 7.57. The Balaban J connectivity index is 1.70. The molecule has 2 unspecified atom stereocenters. The van der Waals surface area contributed by atoms with Gasteiger partial charge in [0.25, 0.3) is 0 Å². The van der Waals surface area contributed by atoms with Crippen molar-refractivity contribution in [1.29, 1.82) is 0 Å². The van der Waals surface area contributed by atoms with Gasteiger partial charge in [-0.25, -0.2) is 14.6 Å². The lowest BCUT2D eigenvalue weighted by Crippen LogP contribution is -2.64. The number of pyridine rings is 1. The zero-order valence-electron chi connectivity index (χ0n) is 15.2. The van der Waals surface area contributed by atoms with Crippen LogP contribution >= 0.6 is 0 Å². The molecule has 0 aliphatic carbocycles. The van der Waals surface area contributed by atoms with Crippen molar-refractivity contribution < 1.29 is 19.1 Å². The average Bonchev–Trinajstić information content (AvgIpc) is 2.60. The van der Waals surface area contributed by atoms with Gasteiger partial charge < -0.3 is 19.3 Å². The molecule has 2 bridgehead atoms. The number of amides is 1. The summed E-state index contributed by atoms with van der Waals surface area (Å²) in [5.74, 6) is 0.432. The minimum Gasteiger partial charge on any atom is -0.465 e. The zero-order valence-corrected chi connectivity index (χ0v) is 15.2. The molecule has 7 heteroatoms. The fraction of sp³-hybridized carbons (Fsp3) is 0.611. The maximum Gasteiger partial charge on any atom is 0.410 e. The Kier molecular flexibility index (Phi) is 4.58. The fourth-order valence-corrected chi connectivity index (χ4v) is 3.45. The van der Waals surface area contributed by atoms with E-state index in [1.165, 1.54) is 13.3 Å². The van der Waals surface area contributed by atoms with Crippen molar-refractivity contribution >= 4 is 17.9 Å². The summed E-state index contributed by atoms with van der Waals surface area (Å²) in [4.78, 5) is 32.4. The summed E-state index contributed by atoms with van der Waals surface area (Å²) in [5, 5.41) is 0. The number of carbonyl (C=O) groups is 2. The van der Waals surface area contributed by atoms with E-state index in [-0.39, 0.29) is 18.2 Å². The lowest BCUT2D eigenvalue weighted by molar-refractivity contribution is 0.000765. The van der Waals surface area contributed by atoms with Crippen LogP contribution in [0.25, 0.3) is 0 Å². The van der Waals surface area contributed by atoms with Crippen molar-refractivity contribution in [3.05, 3.63) is 23.9 Å². The van der Waals surface area contributed by atoms with Crippen molar-refractivity contribution in [2.45, 2.75) is 51.3 Å². The van der Waals surface area contributed by atoms with Crippen LogP contribution < -0.4 is 4.90 Å². The minimum atomic E-state index is -0.487. The normalized spacial score (nSPS) is 22.7. The Hall–Kier alpha value is -2.31. The number of hydrogen-bond acceptors (Lipinski definition) is 6. The quantitative estimate of drug-likeness (QED) is 0.765. The van der Waals surface area contributed by atoms with Gasteiger partial charge in [-0.3, -0.25) is 0 Å². The molecule has 4 heterocycles. The molecule has 0 spiro atoms. The number of esters is 1. The lowest BCUT2D eigenvalue weighted by Gasteiger charge is -2.51. The molecule has 0 N–H and O–H groups in total. The number of aromatic nitrogens is 1. The summed E-state index contributed by atoms with van der Waals surface area (Å²) in [6.07, 6.45) is 3.29. The van der Waals surface area contributed by atoms with Crippen molar-refractivity contribution in [3.8, 4) is 0 Å². The molecule has 136 valence electrons. The molecular weight excluding hydrogens is 322 g/mol. The molecule has 3 fully saturated rings. The minimum absolute atomic E-state index is 0.127. The van der Waals surface area contributed by atoms with E-state index >= 15 is 0 Å². The molecule has 25 heavy (non-hydrogen) atoms. The van der Waals surface area contributed by atoms with Crippen LogP contribution in [-0.2, 0) is 9.47 Å². The molecule has 0 aromatic carbocycles. The molecule has 3 saturated heterocycles. The Labute approximate surface area is 147 Å². The third kappa shape index (κ3) is 3.70. The summed E-state index contributed by atoms with van der Waals surface area (Å²) >= 11 is 0.